The Hall–Kier alpha value is -4.33. The SMILES string of the molecule is COc1ccc(C2=C3C(=O)c4c(NC(=O)Nc5ccncc5)cccc4C3N=N2)cc1. The number of fused-ring (bicyclic) bond motifs is 3. The van der Waals surface area contributed by atoms with Crippen molar-refractivity contribution in [2.75, 3.05) is 17.7 Å². The van der Waals surface area contributed by atoms with Crippen molar-refractivity contribution in [1.29, 1.82) is 0 Å². The largest absolute Gasteiger partial charge is 0.497 e. The highest BCUT2D eigenvalue weighted by molar-refractivity contribution is 6.22. The van der Waals surface area contributed by atoms with Crippen LogP contribution in [0, 0.1) is 0 Å². The summed E-state index contributed by atoms with van der Waals surface area (Å²) in [7, 11) is 1.60. The maximum atomic E-state index is 13.4. The summed E-state index contributed by atoms with van der Waals surface area (Å²) in [5.74, 6) is 0.532. The first kappa shape index (κ1) is 18.7. The molecule has 2 aromatic carbocycles. The lowest BCUT2D eigenvalue weighted by Crippen LogP contribution is -2.20. The lowest BCUT2D eigenvalue weighted by Gasteiger charge is -2.11. The van der Waals surface area contributed by atoms with Crippen molar-refractivity contribution >= 4 is 28.9 Å². The molecule has 1 aliphatic heterocycles. The van der Waals surface area contributed by atoms with Gasteiger partial charge in [-0.05, 0) is 48.0 Å². The Morgan fingerprint density at radius 3 is 2.52 bits per heavy atom. The Morgan fingerprint density at radius 1 is 1.00 bits per heavy atom. The number of methoxy groups -OCH3 is 1. The van der Waals surface area contributed by atoms with Gasteiger partial charge in [-0.15, -0.1) is 0 Å². The molecule has 0 spiro atoms. The van der Waals surface area contributed by atoms with Crippen LogP contribution in [0.1, 0.15) is 27.5 Å². The van der Waals surface area contributed by atoms with Crippen molar-refractivity contribution in [1.82, 2.24) is 4.98 Å². The lowest BCUT2D eigenvalue weighted by atomic mass is 10.0. The summed E-state index contributed by atoms with van der Waals surface area (Å²) in [5, 5.41) is 14.1. The molecule has 0 bridgehead atoms. The normalized spacial score (nSPS) is 16.2. The minimum atomic E-state index is -0.468. The summed E-state index contributed by atoms with van der Waals surface area (Å²) in [4.78, 5) is 29.7. The number of aromatic nitrogens is 1. The monoisotopic (exact) mass is 411 g/mol. The third-order valence-electron chi connectivity index (χ3n) is 5.21. The molecule has 8 nitrogen and oxygen atoms in total. The van der Waals surface area contributed by atoms with Crippen LogP contribution in [0.2, 0.25) is 0 Å². The Labute approximate surface area is 177 Å². The van der Waals surface area contributed by atoms with Gasteiger partial charge in [0.15, 0.2) is 5.78 Å². The summed E-state index contributed by atoms with van der Waals surface area (Å²) in [6.45, 7) is 0. The molecule has 1 atom stereocenters. The average Bonchev–Trinajstić information content (AvgIpc) is 3.35. The molecule has 0 fully saturated rings. The van der Waals surface area contributed by atoms with E-state index in [1.807, 2.05) is 30.3 Å². The molecule has 152 valence electrons. The van der Waals surface area contributed by atoms with Crippen LogP contribution in [0.3, 0.4) is 0 Å². The quantitative estimate of drug-likeness (QED) is 0.640. The first-order valence-corrected chi connectivity index (χ1v) is 9.61. The molecule has 3 aromatic rings. The highest BCUT2D eigenvalue weighted by atomic mass is 16.5. The van der Waals surface area contributed by atoms with Gasteiger partial charge in [-0.25, -0.2) is 4.79 Å². The molecule has 1 aromatic heterocycles. The highest BCUT2D eigenvalue weighted by Crippen LogP contribution is 2.49. The number of hydrogen-bond acceptors (Lipinski definition) is 6. The number of rotatable bonds is 4. The summed E-state index contributed by atoms with van der Waals surface area (Å²) in [6.07, 6.45) is 3.16. The summed E-state index contributed by atoms with van der Waals surface area (Å²) in [6, 6.07) is 15.1. The summed E-state index contributed by atoms with van der Waals surface area (Å²) < 4.78 is 5.20. The van der Waals surface area contributed by atoms with E-state index in [2.05, 4.69) is 25.8 Å². The molecule has 0 saturated carbocycles. The summed E-state index contributed by atoms with van der Waals surface area (Å²) >= 11 is 0. The van der Waals surface area contributed by atoms with E-state index in [0.29, 0.717) is 34.0 Å². The van der Waals surface area contributed by atoms with Gasteiger partial charge in [-0.3, -0.25) is 9.78 Å². The van der Waals surface area contributed by atoms with Crippen LogP contribution >= 0.6 is 0 Å². The molecule has 2 amide bonds. The number of amides is 2. The van der Waals surface area contributed by atoms with Crippen LogP contribution < -0.4 is 15.4 Å². The molecule has 8 heteroatoms. The minimum absolute atomic E-state index is 0.185. The predicted molar refractivity (Wildman–Crippen MR) is 115 cm³/mol. The van der Waals surface area contributed by atoms with E-state index in [-0.39, 0.29) is 5.78 Å². The molecule has 31 heavy (non-hydrogen) atoms. The second kappa shape index (κ2) is 7.49. The Kier molecular flexibility index (Phi) is 4.51. The molecule has 1 unspecified atom stereocenters. The number of benzene rings is 2. The van der Waals surface area contributed by atoms with Gasteiger partial charge >= 0.3 is 6.03 Å². The maximum absolute atomic E-state index is 13.4. The molecular formula is C23H17N5O3. The van der Waals surface area contributed by atoms with Crippen LogP contribution in [0.15, 0.2) is 82.8 Å². The van der Waals surface area contributed by atoms with Gasteiger partial charge in [0, 0.05) is 23.6 Å². The predicted octanol–water partition coefficient (Wildman–Crippen LogP) is 4.85. The molecule has 0 radical (unpaired) electrons. The number of carbonyl (C=O) groups excluding carboxylic acids is 2. The highest BCUT2D eigenvalue weighted by Gasteiger charge is 2.42. The third-order valence-corrected chi connectivity index (χ3v) is 5.21. The van der Waals surface area contributed by atoms with Gasteiger partial charge in [0.1, 0.15) is 17.5 Å². The van der Waals surface area contributed by atoms with Crippen molar-refractivity contribution in [3.63, 3.8) is 0 Å². The first-order valence-electron chi connectivity index (χ1n) is 9.61. The van der Waals surface area contributed by atoms with Gasteiger partial charge in [-0.2, -0.15) is 10.2 Å². The number of Topliss-reactive ketones (excluding diaryl/α,β-unsaturated/α-hetero) is 1. The average molecular weight is 411 g/mol. The van der Waals surface area contributed by atoms with Crippen LogP contribution in [-0.2, 0) is 0 Å². The Morgan fingerprint density at radius 2 is 1.77 bits per heavy atom. The van der Waals surface area contributed by atoms with Gasteiger partial charge < -0.3 is 15.4 Å². The molecule has 5 rings (SSSR count). The van der Waals surface area contributed by atoms with Crippen molar-refractivity contribution in [2.24, 2.45) is 10.2 Å². The van der Waals surface area contributed by atoms with E-state index in [4.69, 9.17) is 4.74 Å². The lowest BCUT2D eigenvalue weighted by molar-refractivity contribution is 0.103. The topological polar surface area (TPSA) is 105 Å². The second-order valence-electron chi connectivity index (χ2n) is 7.02. The first-order chi connectivity index (χ1) is 15.2. The van der Waals surface area contributed by atoms with Crippen molar-refractivity contribution in [3.05, 3.63) is 89.3 Å². The zero-order chi connectivity index (χ0) is 21.4. The van der Waals surface area contributed by atoms with Crippen molar-refractivity contribution in [3.8, 4) is 5.75 Å². The number of azo groups is 1. The minimum Gasteiger partial charge on any atom is -0.497 e. The van der Waals surface area contributed by atoms with Crippen LogP contribution in [-0.4, -0.2) is 23.9 Å². The number of anilines is 2. The fourth-order valence-electron chi connectivity index (χ4n) is 3.78. The molecular weight excluding hydrogens is 394 g/mol. The van der Waals surface area contributed by atoms with Crippen LogP contribution in [0.25, 0.3) is 5.70 Å². The number of pyridine rings is 1. The number of nitrogens with zero attached hydrogens (tertiary/aromatic N) is 3. The number of hydrogen-bond donors (Lipinski definition) is 2. The molecule has 0 saturated heterocycles. The zero-order valence-electron chi connectivity index (χ0n) is 16.5. The molecule has 2 aliphatic rings. The molecule has 2 N–H and O–H groups in total. The molecule has 2 heterocycles. The van der Waals surface area contributed by atoms with Gasteiger partial charge in [-0.1, -0.05) is 12.1 Å². The Balaban J connectivity index is 1.47. The van der Waals surface area contributed by atoms with E-state index < -0.39 is 12.1 Å². The second-order valence-corrected chi connectivity index (χ2v) is 7.02. The third kappa shape index (κ3) is 3.24. The molecule has 1 aliphatic carbocycles. The summed E-state index contributed by atoms with van der Waals surface area (Å²) in [5.41, 5.74) is 4.05. The smallest absolute Gasteiger partial charge is 0.323 e. The van der Waals surface area contributed by atoms with Crippen molar-refractivity contribution < 1.29 is 14.3 Å². The number of carbonyl (C=O) groups is 2. The fourth-order valence-corrected chi connectivity index (χ4v) is 3.78. The van der Waals surface area contributed by atoms with Crippen LogP contribution in [0.4, 0.5) is 16.2 Å². The van der Waals surface area contributed by atoms with E-state index in [1.165, 1.54) is 0 Å². The van der Waals surface area contributed by atoms with E-state index in [1.54, 1.807) is 43.8 Å². The van der Waals surface area contributed by atoms with Crippen LogP contribution in [0.5, 0.6) is 5.75 Å². The van der Waals surface area contributed by atoms with E-state index >= 15 is 0 Å². The number of ketones is 1. The number of urea groups is 1. The van der Waals surface area contributed by atoms with E-state index in [9.17, 15) is 9.59 Å². The zero-order valence-corrected chi connectivity index (χ0v) is 16.5. The number of nitrogens with one attached hydrogen (secondary N) is 2. The fraction of sp³-hybridized carbons (Fsp3) is 0.0870. The number of ether oxygens (including phenoxy) is 1. The standard InChI is InChI=1S/C23H17N5O3/c1-31-15-7-5-13(6-8-15)20-19-21(28-27-20)16-3-2-4-17(18(16)22(19)29)26-23(30)25-14-9-11-24-12-10-14/h2-12,21H,1H3,(H2,24,25,26,30). The van der Waals surface area contributed by atoms with E-state index in [0.717, 1.165) is 11.1 Å². The Bertz CT molecular complexity index is 1250. The van der Waals surface area contributed by atoms with Gasteiger partial charge in [0.25, 0.3) is 0 Å². The van der Waals surface area contributed by atoms with Crippen molar-refractivity contribution in [2.45, 2.75) is 6.04 Å². The van der Waals surface area contributed by atoms with Gasteiger partial charge in [0.2, 0.25) is 0 Å². The van der Waals surface area contributed by atoms with Gasteiger partial charge in [0.05, 0.1) is 23.9 Å². The maximum Gasteiger partial charge on any atom is 0.323 e.